The number of alkyl halides is 3. The smallest absolute Gasteiger partial charge is 0.406 e. The molecule has 0 aliphatic heterocycles. The second-order valence-electron chi connectivity index (χ2n) is 3.82. The molecule has 0 radical (unpaired) electrons. The van der Waals surface area contributed by atoms with E-state index in [2.05, 4.69) is 10.1 Å². The first kappa shape index (κ1) is 16.2. The van der Waals surface area contributed by atoms with E-state index in [1.54, 1.807) is 6.07 Å². The van der Waals surface area contributed by atoms with Gasteiger partial charge in [0.15, 0.2) is 0 Å². The van der Waals surface area contributed by atoms with Crippen LogP contribution in [-0.4, -0.2) is 17.2 Å². The van der Waals surface area contributed by atoms with Crippen molar-refractivity contribution in [2.24, 2.45) is 0 Å². The van der Waals surface area contributed by atoms with E-state index in [1.165, 1.54) is 6.92 Å². The molecule has 0 heterocycles. The molecule has 10 heteroatoms. The summed E-state index contributed by atoms with van der Waals surface area (Å²) in [5.41, 5.74) is -1.05. The molecule has 0 aromatic heterocycles. The molecule has 21 heavy (non-hydrogen) atoms. The van der Waals surface area contributed by atoms with Crippen molar-refractivity contribution in [3.8, 4) is 11.8 Å². The number of aryl methyl sites for hydroxylation is 1. The second-order valence-corrected chi connectivity index (χ2v) is 3.82. The fraction of sp³-hybridized carbons (Fsp3) is 0.273. The highest BCUT2D eigenvalue weighted by molar-refractivity contribution is 5.95. The van der Waals surface area contributed by atoms with Crippen LogP contribution in [0.4, 0.5) is 24.5 Å². The Labute approximate surface area is 116 Å². The van der Waals surface area contributed by atoms with Crippen LogP contribution in [-0.2, 0) is 4.79 Å². The SMILES string of the molecule is Cc1cc(OC(F)(F)F)cc([N+](=O)[O-])c1NC(=O)CC#N. The summed E-state index contributed by atoms with van der Waals surface area (Å²) in [5.74, 6) is -1.59. The molecular formula is C11H8F3N3O4. The highest BCUT2D eigenvalue weighted by Gasteiger charge is 2.32. The first-order chi connectivity index (χ1) is 9.64. The number of hydrogen-bond donors (Lipinski definition) is 1. The van der Waals surface area contributed by atoms with E-state index in [1.807, 2.05) is 0 Å². The third-order valence-corrected chi connectivity index (χ3v) is 2.22. The number of benzene rings is 1. The minimum atomic E-state index is -4.99. The molecule has 0 bridgehead atoms. The van der Waals surface area contributed by atoms with Gasteiger partial charge in [-0.1, -0.05) is 0 Å². The van der Waals surface area contributed by atoms with E-state index >= 15 is 0 Å². The summed E-state index contributed by atoms with van der Waals surface area (Å²) in [4.78, 5) is 21.2. The predicted molar refractivity (Wildman–Crippen MR) is 63.4 cm³/mol. The van der Waals surface area contributed by atoms with Gasteiger partial charge in [0, 0.05) is 0 Å². The van der Waals surface area contributed by atoms with E-state index in [0.717, 1.165) is 6.07 Å². The number of ether oxygens (including phenoxy) is 1. The molecule has 1 rings (SSSR count). The van der Waals surface area contributed by atoms with Crippen LogP contribution in [0.5, 0.6) is 5.75 Å². The zero-order valence-electron chi connectivity index (χ0n) is 10.5. The zero-order chi connectivity index (χ0) is 16.2. The molecule has 1 amide bonds. The molecular weight excluding hydrogens is 295 g/mol. The van der Waals surface area contributed by atoms with Crippen LogP contribution in [0, 0.1) is 28.4 Å². The van der Waals surface area contributed by atoms with Crippen LogP contribution in [0.1, 0.15) is 12.0 Å². The molecule has 0 atom stereocenters. The summed E-state index contributed by atoms with van der Waals surface area (Å²) in [7, 11) is 0. The fourth-order valence-electron chi connectivity index (χ4n) is 1.49. The fourth-order valence-corrected chi connectivity index (χ4v) is 1.49. The summed E-state index contributed by atoms with van der Waals surface area (Å²) in [5, 5.41) is 21.3. The quantitative estimate of drug-likeness (QED) is 0.680. The lowest BCUT2D eigenvalue weighted by atomic mass is 10.1. The maximum Gasteiger partial charge on any atom is 0.573 e. The molecule has 0 aliphatic carbocycles. The molecule has 7 nitrogen and oxygen atoms in total. The third kappa shape index (κ3) is 4.64. The van der Waals surface area contributed by atoms with Crippen LogP contribution in [0.25, 0.3) is 0 Å². The number of nitro groups is 1. The minimum absolute atomic E-state index is 0.00487. The largest absolute Gasteiger partial charge is 0.573 e. The van der Waals surface area contributed by atoms with Crippen LogP contribution in [0.15, 0.2) is 12.1 Å². The van der Waals surface area contributed by atoms with E-state index in [9.17, 15) is 28.1 Å². The highest BCUT2D eigenvalue weighted by Crippen LogP contribution is 2.35. The van der Waals surface area contributed by atoms with Crippen molar-refractivity contribution in [1.29, 1.82) is 5.26 Å². The Morgan fingerprint density at radius 1 is 1.52 bits per heavy atom. The van der Waals surface area contributed by atoms with Crippen LogP contribution >= 0.6 is 0 Å². The normalized spacial score (nSPS) is 10.6. The second kappa shape index (κ2) is 6.08. The van der Waals surface area contributed by atoms with E-state index < -0.39 is 35.1 Å². The first-order valence-corrected chi connectivity index (χ1v) is 5.35. The molecule has 0 aliphatic rings. The summed E-state index contributed by atoms with van der Waals surface area (Å²) in [6.07, 6.45) is -5.54. The zero-order valence-corrected chi connectivity index (χ0v) is 10.5. The number of amides is 1. The molecule has 0 saturated heterocycles. The highest BCUT2D eigenvalue weighted by atomic mass is 19.4. The van der Waals surface area contributed by atoms with Gasteiger partial charge in [0.2, 0.25) is 5.91 Å². The maximum absolute atomic E-state index is 12.1. The predicted octanol–water partition coefficient (Wildman–Crippen LogP) is 2.65. The van der Waals surface area contributed by atoms with Crippen molar-refractivity contribution in [2.45, 2.75) is 19.7 Å². The molecule has 0 spiro atoms. The van der Waals surface area contributed by atoms with Gasteiger partial charge in [0.05, 0.1) is 17.1 Å². The number of carbonyl (C=O) groups excluding carboxylic acids is 1. The molecule has 1 N–H and O–H groups in total. The molecule has 1 aromatic carbocycles. The molecule has 0 saturated carbocycles. The lowest BCUT2D eigenvalue weighted by molar-refractivity contribution is -0.384. The molecule has 0 unspecified atom stereocenters. The van der Waals surface area contributed by atoms with Gasteiger partial charge in [0.25, 0.3) is 5.69 Å². The Morgan fingerprint density at radius 3 is 2.62 bits per heavy atom. The van der Waals surface area contributed by atoms with Crippen molar-refractivity contribution < 1.29 is 27.6 Å². The maximum atomic E-state index is 12.1. The number of nitrogens with one attached hydrogen (secondary N) is 1. The monoisotopic (exact) mass is 303 g/mol. The molecule has 0 fully saturated rings. The summed E-state index contributed by atoms with van der Waals surface area (Å²) >= 11 is 0. The van der Waals surface area contributed by atoms with Crippen molar-refractivity contribution in [1.82, 2.24) is 0 Å². The number of rotatable bonds is 4. The Hall–Kier alpha value is -2.83. The first-order valence-electron chi connectivity index (χ1n) is 5.35. The number of hydrogen-bond acceptors (Lipinski definition) is 5. The van der Waals surface area contributed by atoms with Gasteiger partial charge in [-0.2, -0.15) is 5.26 Å². The number of halogens is 3. The summed E-state index contributed by atoms with van der Waals surface area (Å²) < 4.78 is 40.0. The van der Waals surface area contributed by atoms with E-state index in [4.69, 9.17) is 5.26 Å². The average Bonchev–Trinajstić information content (AvgIpc) is 2.30. The topological polar surface area (TPSA) is 105 Å². The molecule has 1 aromatic rings. The Balaban J connectivity index is 3.23. The lowest BCUT2D eigenvalue weighted by Gasteiger charge is -2.12. The van der Waals surface area contributed by atoms with Gasteiger partial charge in [0.1, 0.15) is 17.9 Å². The van der Waals surface area contributed by atoms with Gasteiger partial charge in [-0.25, -0.2) is 0 Å². The van der Waals surface area contributed by atoms with Gasteiger partial charge < -0.3 is 10.1 Å². The van der Waals surface area contributed by atoms with Crippen molar-refractivity contribution in [3.63, 3.8) is 0 Å². The number of carbonyl (C=O) groups is 1. The summed E-state index contributed by atoms with van der Waals surface area (Å²) in [6, 6.07) is 2.98. The van der Waals surface area contributed by atoms with E-state index in [-0.39, 0.29) is 11.3 Å². The Kier molecular flexibility index (Phi) is 4.70. The van der Waals surface area contributed by atoms with Crippen LogP contribution < -0.4 is 10.1 Å². The molecule has 112 valence electrons. The van der Waals surface area contributed by atoms with Crippen LogP contribution in [0.3, 0.4) is 0 Å². The van der Waals surface area contributed by atoms with E-state index in [0.29, 0.717) is 6.07 Å². The van der Waals surface area contributed by atoms with Gasteiger partial charge in [-0.3, -0.25) is 14.9 Å². The van der Waals surface area contributed by atoms with Gasteiger partial charge in [-0.05, 0) is 18.6 Å². The third-order valence-electron chi connectivity index (χ3n) is 2.22. The van der Waals surface area contributed by atoms with Crippen LogP contribution in [0.2, 0.25) is 0 Å². The van der Waals surface area contributed by atoms with Crippen molar-refractivity contribution in [3.05, 3.63) is 27.8 Å². The van der Waals surface area contributed by atoms with Crippen molar-refractivity contribution in [2.75, 3.05) is 5.32 Å². The number of anilines is 1. The summed E-state index contributed by atoms with van der Waals surface area (Å²) in [6.45, 7) is 1.26. The van der Waals surface area contributed by atoms with Crippen molar-refractivity contribution >= 4 is 17.3 Å². The lowest BCUT2D eigenvalue weighted by Crippen LogP contribution is -2.18. The standard InChI is InChI=1S/C11H8F3N3O4/c1-6-4-7(21-11(12,13)14)5-8(17(19)20)10(6)16-9(18)2-3-15/h4-5H,2H2,1H3,(H,16,18). The van der Waals surface area contributed by atoms with Gasteiger partial charge in [-0.15, -0.1) is 13.2 Å². The number of nitriles is 1. The number of nitro benzene ring substituents is 1. The Morgan fingerprint density at radius 2 is 2.14 bits per heavy atom. The van der Waals surface area contributed by atoms with Gasteiger partial charge >= 0.3 is 6.36 Å². The minimum Gasteiger partial charge on any atom is -0.406 e. The number of nitrogens with zero attached hydrogens (tertiary/aromatic N) is 2. The Bertz CT molecular complexity index is 622. The average molecular weight is 303 g/mol.